The maximum absolute atomic E-state index is 13.4. The van der Waals surface area contributed by atoms with E-state index < -0.39 is 17.8 Å². The summed E-state index contributed by atoms with van der Waals surface area (Å²) < 4.78 is 56.4. The molecule has 12 heteroatoms. The maximum atomic E-state index is 13.4. The van der Waals surface area contributed by atoms with E-state index in [9.17, 15) is 18.0 Å². The lowest BCUT2D eigenvalue weighted by molar-refractivity contribution is -0.137. The normalized spacial score (nSPS) is 14.9. The van der Waals surface area contributed by atoms with Crippen molar-refractivity contribution >= 4 is 28.3 Å². The van der Waals surface area contributed by atoms with Crippen molar-refractivity contribution in [1.82, 2.24) is 14.9 Å². The second kappa shape index (κ2) is 11.4. The minimum atomic E-state index is -4.53. The van der Waals surface area contributed by atoms with Crippen LogP contribution in [-0.4, -0.2) is 67.4 Å². The van der Waals surface area contributed by atoms with Crippen LogP contribution in [0.25, 0.3) is 10.9 Å². The summed E-state index contributed by atoms with van der Waals surface area (Å²) in [6.07, 6.45) is -4.53. The third-order valence-corrected chi connectivity index (χ3v) is 6.14. The van der Waals surface area contributed by atoms with E-state index in [1.165, 1.54) is 6.07 Å². The number of hydrogen-bond acceptors (Lipinski definition) is 8. The number of nitrogens with two attached hydrogens (primary N) is 1. The molecule has 2 aromatic carbocycles. The number of morpholine rings is 1. The summed E-state index contributed by atoms with van der Waals surface area (Å²) in [4.78, 5) is 24.1. The molecule has 1 aromatic heterocycles. The van der Waals surface area contributed by atoms with Gasteiger partial charge in [-0.05, 0) is 49.7 Å². The van der Waals surface area contributed by atoms with Gasteiger partial charge in [-0.2, -0.15) is 13.2 Å². The molecular formula is C26H30F3N5O4. The summed E-state index contributed by atoms with van der Waals surface area (Å²) in [6.45, 7) is 5.75. The number of anilines is 2. The summed E-state index contributed by atoms with van der Waals surface area (Å²) in [5, 5.41) is 3.74. The Morgan fingerprint density at radius 2 is 1.89 bits per heavy atom. The van der Waals surface area contributed by atoms with E-state index in [1.807, 2.05) is 0 Å². The molecule has 3 N–H and O–H groups in total. The summed E-state index contributed by atoms with van der Waals surface area (Å²) in [5.74, 6) is 0.935. The standard InChI is InChI=1S/C26H30F3N5O4/c1-15(17-10-18(26(27,28)29)12-19(30)11-17)31-24-20-14-23(38-9-8-36-3)21(13-22(20)32-16(2)33-24)25(35)34-4-6-37-7-5-34/h10-15H,4-9,30H2,1-3H3,(H,31,32,33). The fourth-order valence-corrected chi connectivity index (χ4v) is 4.22. The highest BCUT2D eigenvalue weighted by atomic mass is 19.4. The first-order chi connectivity index (χ1) is 18.1. The molecular weight excluding hydrogens is 503 g/mol. The molecule has 1 fully saturated rings. The lowest BCUT2D eigenvalue weighted by Crippen LogP contribution is -2.40. The Kier molecular flexibility index (Phi) is 8.22. The average Bonchev–Trinajstić information content (AvgIpc) is 2.88. The van der Waals surface area contributed by atoms with Gasteiger partial charge >= 0.3 is 6.18 Å². The average molecular weight is 534 g/mol. The van der Waals surface area contributed by atoms with Crippen molar-refractivity contribution in [3.05, 3.63) is 52.8 Å². The van der Waals surface area contributed by atoms with Crippen LogP contribution in [0.5, 0.6) is 5.75 Å². The van der Waals surface area contributed by atoms with Gasteiger partial charge in [0.1, 0.15) is 24.0 Å². The predicted octanol–water partition coefficient (Wildman–Crippen LogP) is 4.21. The lowest BCUT2D eigenvalue weighted by atomic mass is 10.0. The van der Waals surface area contributed by atoms with E-state index in [-0.39, 0.29) is 18.2 Å². The Balaban J connectivity index is 1.74. The van der Waals surface area contributed by atoms with Crippen LogP contribution in [-0.2, 0) is 15.7 Å². The zero-order valence-electron chi connectivity index (χ0n) is 21.4. The number of amides is 1. The number of nitrogens with zero attached hydrogens (tertiary/aromatic N) is 3. The van der Waals surface area contributed by atoms with Crippen molar-refractivity contribution < 1.29 is 32.2 Å². The van der Waals surface area contributed by atoms with E-state index in [2.05, 4.69) is 15.3 Å². The monoisotopic (exact) mass is 533 g/mol. The molecule has 0 aliphatic carbocycles. The number of ether oxygens (including phenoxy) is 3. The number of carbonyl (C=O) groups is 1. The highest BCUT2D eigenvalue weighted by molar-refractivity contribution is 6.02. The van der Waals surface area contributed by atoms with E-state index in [4.69, 9.17) is 19.9 Å². The molecule has 0 saturated carbocycles. The molecule has 9 nitrogen and oxygen atoms in total. The molecule has 1 atom stereocenters. The third-order valence-electron chi connectivity index (χ3n) is 6.14. The molecule has 204 valence electrons. The first-order valence-electron chi connectivity index (χ1n) is 12.1. The van der Waals surface area contributed by atoms with E-state index in [1.54, 1.807) is 38.0 Å². The van der Waals surface area contributed by atoms with Crippen molar-refractivity contribution in [1.29, 1.82) is 0 Å². The van der Waals surface area contributed by atoms with Crippen molar-refractivity contribution in [2.24, 2.45) is 0 Å². The van der Waals surface area contributed by atoms with Gasteiger partial charge in [-0.1, -0.05) is 0 Å². The van der Waals surface area contributed by atoms with Crippen molar-refractivity contribution in [3.63, 3.8) is 0 Å². The minimum Gasteiger partial charge on any atom is -0.490 e. The fraction of sp³-hybridized carbons (Fsp3) is 0.423. The number of methoxy groups -OCH3 is 1. The van der Waals surface area contributed by atoms with Crippen LogP contribution in [0.2, 0.25) is 0 Å². The van der Waals surface area contributed by atoms with E-state index >= 15 is 0 Å². The quantitative estimate of drug-likeness (QED) is 0.327. The van der Waals surface area contributed by atoms with Crippen LogP contribution in [0.3, 0.4) is 0 Å². The zero-order chi connectivity index (χ0) is 27.4. The van der Waals surface area contributed by atoms with Gasteiger partial charge in [0, 0.05) is 31.3 Å². The molecule has 1 amide bonds. The highest BCUT2D eigenvalue weighted by Crippen LogP contribution is 2.35. The molecule has 0 bridgehead atoms. The smallest absolute Gasteiger partial charge is 0.416 e. The van der Waals surface area contributed by atoms with Gasteiger partial charge in [0.2, 0.25) is 0 Å². The van der Waals surface area contributed by atoms with Crippen LogP contribution < -0.4 is 15.8 Å². The largest absolute Gasteiger partial charge is 0.490 e. The first-order valence-corrected chi connectivity index (χ1v) is 12.1. The summed E-state index contributed by atoms with van der Waals surface area (Å²) >= 11 is 0. The van der Waals surface area contributed by atoms with Crippen LogP contribution in [0.4, 0.5) is 24.7 Å². The van der Waals surface area contributed by atoms with Crippen LogP contribution in [0.15, 0.2) is 30.3 Å². The van der Waals surface area contributed by atoms with Gasteiger partial charge in [-0.25, -0.2) is 9.97 Å². The zero-order valence-corrected chi connectivity index (χ0v) is 21.4. The lowest BCUT2D eigenvalue weighted by Gasteiger charge is -2.27. The number of rotatable bonds is 8. The molecule has 0 spiro atoms. The number of nitrogens with one attached hydrogen (secondary N) is 1. The highest BCUT2D eigenvalue weighted by Gasteiger charge is 2.31. The van der Waals surface area contributed by atoms with Gasteiger partial charge in [0.05, 0.1) is 42.5 Å². The van der Waals surface area contributed by atoms with Gasteiger partial charge in [-0.15, -0.1) is 0 Å². The fourth-order valence-electron chi connectivity index (χ4n) is 4.22. The third kappa shape index (κ3) is 6.25. The summed E-state index contributed by atoms with van der Waals surface area (Å²) in [6, 6.07) is 6.20. The number of benzene rings is 2. The first kappa shape index (κ1) is 27.4. The van der Waals surface area contributed by atoms with Crippen LogP contribution in [0, 0.1) is 6.92 Å². The number of carbonyl (C=O) groups excluding carboxylic acids is 1. The minimum absolute atomic E-state index is 0.00676. The van der Waals surface area contributed by atoms with Crippen molar-refractivity contribution in [2.75, 3.05) is 57.7 Å². The number of aromatic nitrogens is 2. The Labute approximate surface area is 218 Å². The Bertz CT molecular complexity index is 1310. The second-order valence-corrected chi connectivity index (χ2v) is 8.98. The number of nitrogen functional groups attached to an aromatic ring is 1. The van der Waals surface area contributed by atoms with Gasteiger partial charge in [0.25, 0.3) is 5.91 Å². The maximum Gasteiger partial charge on any atom is 0.416 e. The molecule has 1 saturated heterocycles. The molecule has 0 radical (unpaired) electrons. The molecule has 38 heavy (non-hydrogen) atoms. The van der Waals surface area contributed by atoms with Gasteiger partial charge in [-0.3, -0.25) is 4.79 Å². The topological polar surface area (TPSA) is 112 Å². The molecule has 3 aromatic rings. The number of hydrogen-bond donors (Lipinski definition) is 2. The summed E-state index contributed by atoms with van der Waals surface area (Å²) in [5.41, 5.74) is 6.12. The Morgan fingerprint density at radius 1 is 1.16 bits per heavy atom. The number of fused-ring (bicyclic) bond motifs is 1. The van der Waals surface area contributed by atoms with Crippen molar-refractivity contribution in [3.8, 4) is 5.75 Å². The van der Waals surface area contributed by atoms with Crippen molar-refractivity contribution in [2.45, 2.75) is 26.1 Å². The van der Waals surface area contributed by atoms with Gasteiger partial charge in [0.15, 0.2) is 0 Å². The van der Waals surface area contributed by atoms with Gasteiger partial charge < -0.3 is 30.2 Å². The number of halogens is 3. The number of alkyl halides is 3. The van der Waals surface area contributed by atoms with Crippen LogP contribution in [0.1, 0.15) is 40.3 Å². The SMILES string of the molecule is COCCOc1cc2c(NC(C)c3cc(N)cc(C(F)(F)F)c3)nc(C)nc2cc1C(=O)N1CCOCC1. The molecule has 4 rings (SSSR count). The number of aryl methyl sites for hydroxylation is 1. The Morgan fingerprint density at radius 3 is 2.58 bits per heavy atom. The molecule has 2 heterocycles. The second-order valence-electron chi connectivity index (χ2n) is 8.98. The molecule has 1 aliphatic heterocycles. The molecule has 1 unspecified atom stereocenters. The Hall–Kier alpha value is -3.64. The molecule has 1 aliphatic rings. The van der Waals surface area contributed by atoms with Crippen LogP contribution >= 0.6 is 0 Å². The van der Waals surface area contributed by atoms with E-state index in [0.717, 1.165) is 12.1 Å². The summed E-state index contributed by atoms with van der Waals surface area (Å²) in [7, 11) is 1.55. The van der Waals surface area contributed by atoms with E-state index in [0.29, 0.717) is 72.3 Å². The predicted molar refractivity (Wildman–Crippen MR) is 136 cm³/mol.